The molecule has 0 amide bonds. The Morgan fingerprint density at radius 2 is 1.00 bits per heavy atom. The number of phenols is 2. The molecular formula is C24H34O2. The highest BCUT2D eigenvalue weighted by molar-refractivity contribution is 5.67. The van der Waals surface area contributed by atoms with Gasteiger partial charge in [-0.25, -0.2) is 0 Å². The molecule has 0 saturated carbocycles. The van der Waals surface area contributed by atoms with E-state index in [1.807, 2.05) is 12.1 Å². The maximum atomic E-state index is 10.2. The Balaban J connectivity index is 2.11. The first-order valence-corrected chi connectivity index (χ1v) is 10.3. The van der Waals surface area contributed by atoms with Crippen molar-refractivity contribution in [2.75, 3.05) is 0 Å². The molecule has 2 heteroatoms. The summed E-state index contributed by atoms with van der Waals surface area (Å²) >= 11 is 0. The van der Waals surface area contributed by atoms with Crippen molar-refractivity contribution in [1.29, 1.82) is 0 Å². The summed E-state index contributed by atoms with van der Waals surface area (Å²) in [7, 11) is 0. The lowest BCUT2D eigenvalue weighted by Crippen LogP contribution is -1.91. The summed E-state index contributed by atoms with van der Waals surface area (Å²) in [6, 6.07) is 11.8. The van der Waals surface area contributed by atoms with E-state index in [0.717, 1.165) is 47.9 Å². The van der Waals surface area contributed by atoms with Crippen LogP contribution in [0.4, 0.5) is 0 Å². The average Bonchev–Trinajstić information content (AvgIpc) is 2.65. The zero-order valence-electron chi connectivity index (χ0n) is 16.4. The van der Waals surface area contributed by atoms with E-state index in [1.165, 1.54) is 38.5 Å². The van der Waals surface area contributed by atoms with Crippen LogP contribution >= 0.6 is 0 Å². The van der Waals surface area contributed by atoms with Gasteiger partial charge in [-0.3, -0.25) is 0 Å². The Hall–Kier alpha value is -1.96. The summed E-state index contributed by atoms with van der Waals surface area (Å²) in [4.78, 5) is 0. The SMILES string of the molecule is CCCCCCc1cc(-c2ccc(O)c(CCCCCC)c2)ccc1O. The van der Waals surface area contributed by atoms with E-state index in [4.69, 9.17) is 0 Å². The van der Waals surface area contributed by atoms with Gasteiger partial charge >= 0.3 is 0 Å². The highest BCUT2D eigenvalue weighted by atomic mass is 16.3. The molecule has 2 rings (SSSR count). The largest absolute Gasteiger partial charge is 0.508 e. The fourth-order valence-electron chi connectivity index (χ4n) is 3.42. The Labute approximate surface area is 158 Å². The van der Waals surface area contributed by atoms with Crippen LogP contribution in [0, 0.1) is 0 Å². The Morgan fingerprint density at radius 3 is 1.38 bits per heavy atom. The van der Waals surface area contributed by atoms with Crippen LogP contribution in [0.1, 0.15) is 76.3 Å². The van der Waals surface area contributed by atoms with E-state index in [2.05, 4.69) is 26.0 Å². The third-order valence-electron chi connectivity index (χ3n) is 5.09. The Morgan fingerprint density at radius 1 is 0.577 bits per heavy atom. The molecule has 0 aromatic heterocycles. The maximum absolute atomic E-state index is 10.2. The first-order valence-electron chi connectivity index (χ1n) is 10.3. The molecule has 0 heterocycles. The molecule has 26 heavy (non-hydrogen) atoms. The van der Waals surface area contributed by atoms with Gasteiger partial charge in [0.1, 0.15) is 11.5 Å². The minimum absolute atomic E-state index is 0.392. The zero-order valence-corrected chi connectivity index (χ0v) is 16.4. The van der Waals surface area contributed by atoms with Gasteiger partial charge in [0.15, 0.2) is 0 Å². The molecule has 2 nitrogen and oxygen atoms in total. The van der Waals surface area contributed by atoms with Crippen molar-refractivity contribution in [3.8, 4) is 22.6 Å². The molecule has 0 fully saturated rings. The number of benzene rings is 2. The average molecular weight is 355 g/mol. The molecule has 142 valence electrons. The lowest BCUT2D eigenvalue weighted by atomic mass is 9.96. The topological polar surface area (TPSA) is 40.5 Å². The van der Waals surface area contributed by atoms with E-state index in [-0.39, 0.29) is 0 Å². The number of unbranched alkanes of at least 4 members (excludes halogenated alkanes) is 6. The summed E-state index contributed by atoms with van der Waals surface area (Å²) in [6.45, 7) is 4.42. The van der Waals surface area contributed by atoms with Crippen molar-refractivity contribution >= 4 is 0 Å². The van der Waals surface area contributed by atoms with Crippen LogP contribution in [0.15, 0.2) is 36.4 Å². The van der Waals surface area contributed by atoms with Gasteiger partial charge in [-0.15, -0.1) is 0 Å². The van der Waals surface area contributed by atoms with Crippen LogP contribution in [-0.4, -0.2) is 10.2 Å². The van der Waals surface area contributed by atoms with Crippen molar-refractivity contribution in [3.05, 3.63) is 47.5 Å². The molecule has 0 atom stereocenters. The number of aromatic hydroxyl groups is 2. The van der Waals surface area contributed by atoms with E-state index in [9.17, 15) is 10.2 Å². The molecule has 0 aliphatic heterocycles. The predicted molar refractivity (Wildman–Crippen MR) is 111 cm³/mol. The van der Waals surface area contributed by atoms with Gasteiger partial charge in [0.2, 0.25) is 0 Å². The van der Waals surface area contributed by atoms with Gasteiger partial charge in [-0.1, -0.05) is 64.5 Å². The van der Waals surface area contributed by atoms with Crippen LogP contribution in [0.25, 0.3) is 11.1 Å². The standard InChI is InChI=1S/C24H34O2/c1-3-5-7-9-11-21-17-19(13-15-23(21)25)20-14-16-24(26)22(18-20)12-10-8-6-4-2/h13-18,25-26H,3-12H2,1-2H3. The predicted octanol–water partition coefficient (Wildman–Crippen LogP) is 7.01. The lowest BCUT2D eigenvalue weighted by molar-refractivity contribution is 0.465. The first kappa shape index (κ1) is 20.4. The Bertz CT molecular complexity index is 616. The Kier molecular flexibility index (Phi) is 8.53. The van der Waals surface area contributed by atoms with Gasteiger partial charge in [-0.05, 0) is 72.2 Å². The van der Waals surface area contributed by atoms with Gasteiger partial charge in [0, 0.05) is 0 Å². The molecule has 0 spiro atoms. The fraction of sp³-hybridized carbons (Fsp3) is 0.500. The van der Waals surface area contributed by atoms with E-state index in [0.29, 0.717) is 11.5 Å². The molecule has 0 radical (unpaired) electrons. The monoisotopic (exact) mass is 354 g/mol. The molecular weight excluding hydrogens is 320 g/mol. The fourth-order valence-corrected chi connectivity index (χ4v) is 3.42. The van der Waals surface area contributed by atoms with Crippen LogP contribution < -0.4 is 0 Å². The number of aryl methyl sites for hydroxylation is 2. The lowest BCUT2D eigenvalue weighted by Gasteiger charge is -2.11. The zero-order chi connectivity index (χ0) is 18.8. The summed E-state index contributed by atoms with van der Waals surface area (Å²) < 4.78 is 0. The second-order valence-corrected chi connectivity index (χ2v) is 7.31. The minimum atomic E-state index is 0.392. The van der Waals surface area contributed by atoms with E-state index in [1.54, 1.807) is 12.1 Å². The van der Waals surface area contributed by atoms with E-state index >= 15 is 0 Å². The number of rotatable bonds is 11. The van der Waals surface area contributed by atoms with Crippen molar-refractivity contribution in [2.45, 2.75) is 78.1 Å². The van der Waals surface area contributed by atoms with Gasteiger partial charge in [-0.2, -0.15) is 0 Å². The first-order chi connectivity index (χ1) is 12.7. The molecule has 0 aliphatic carbocycles. The summed E-state index contributed by atoms with van der Waals surface area (Å²) in [5, 5.41) is 20.3. The molecule has 2 N–H and O–H groups in total. The molecule has 0 bridgehead atoms. The van der Waals surface area contributed by atoms with Gasteiger partial charge < -0.3 is 10.2 Å². The van der Waals surface area contributed by atoms with Crippen LogP contribution in [0.3, 0.4) is 0 Å². The summed E-state index contributed by atoms with van der Waals surface area (Å²) in [5.74, 6) is 0.785. The van der Waals surface area contributed by atoms with Crippen LogP contribution in [0.5, 0.6) is 11.5 Å². The van der Waals surface area contributed by atoms with Crippen molar-refractivity contribution in [3.63, 3.8) is 0 Å². The van der Waals surface area contributed by atoms with Crippen LogP contribution in [-0.2, 0) is 12.8 Å². The highest BCUT2D eigenvalue weighted by Crippen LogP contribution is 2.31. The highest BCUT2D eigenvalue weighted by Gasteiger charge is 2.08. The normalized spacial score (nSPS) is 11.0. The molecule has 0 unspecified atom stereocenters. The number of hydrogen-bond acceptors (Lipinski definition) is 2. The third kappa shape index (κ3) is 6.09. The minimum Gasteiger partial charge on any atom is -0.508 e. The second kappa shape index (κ2) is 10.9. The quantitative estimate of drug-likeness (QED) is 0.426. The van der Waals surface area contributed by atoms with Crippen molar-refractivity contribution in [2.24, 2.45) is 0 Å². The second-order valence-electron chi connectivity index (χ2n) is 7.31. The van der Waals surface area contributed by atoms with Crippen molar-refractivity contribution in [1.82, 2.24) is 0 Å². The summed E-state index contributed by atoms with van der Waals surface area (Å²) in [6.07, 6.45) is 11.4. The molecule has 2 aromatic carbocycles. The number of hydrogen-bond donors (Lipinski definition) is 2. The summed E-state index contributed by atoms with van der Waals surface area (Å²) in [5.41, 5.74) is 4.28. The third-order valence-corrected chi connectivity index (χ3v) is 5.09. The number of phenolic OH excluding ortho intramolecular Hbond substituents is 2. The van der Waals surface area contributed by atoms with Gasteiger partial charge in [0.25, 0.3) is 0 Å². The van der Waals surface area contributed by atoms with E-state index < -0.39 is 0 Å². The van der Waals surface area contributed by atoms with Crippen LogP contribution in [0.2, 0.25) is 0 Å². The molecule has 0 saturated heterocycles. The van der Waals surface area contributed by atoms with Gasteiger partial charge in [0.05, 0.1) is 0 Å². The maximum Gasteiger partial charge on any atom is 0.118 e. The smallest absolute Gasteiger partial charge is 0.118 e. The molecule has 2 aromatic rings. The molecule has 0 aliphatic rings. The van der Waals surface area contributed by atoms with Crippen molar-refractivity contribution < 1.29 is 10.2 Å².